The van der Waals surface area contributed by atoms with Gasteiger partial charge in [-0.15, -0.1) is 11.3 Å². The number of rotatable bonds is 3. The Hall–Kier alpha value is -2.87. The molecule has 1 heterocycles. The molecule has 0 saturated carbocycles. The van der Waals surface area contributed by atoms with Crippen molar-refractivity contribution in [1.29, 1.82) is 0 Å². The molecule has 128 valence electrons. The largest absolute Gasteiger partial charge is 0.416 e. The maximum Gasteiger partial charge on any atom is 0.416 e. The number of aromatic nitrogens is 1. The highest BCUT2D eigenvalue weighted by atomic mass is 32.1. The van der Waals surface area contributed by atoms with Gasteiger partial charge in [-0.3, -0.25) is 4.79 Å². The number of carbonyl (C=O) groups is 1. The van der Waals surface area contributed by atoms with Crippen LogP contribution in [0.2, 0.25) is 0 Å². The summed E-state index contributed by atoms with van der Waals surface area (Å²) in [6.07, 6.45) is -4.43. The van der Waals surface area contributed by atoms with Gasteiger partial charge < -0.3 is 11.1 Å². The van der Waals surface area contributed by atoms with Crippen molar-refractivity contribution in [3.05, 3.63) is 65.0 Å². The second kappa shape index (κ2) is 6.56. The summed E-state index contributed by atoms with van der Waals surface area (Å²) in [6, 6.07) is 11.0. The fourth-order valence-electron chi connectivity index (χ4n) is 2.16. The third-order valence-electron chi connectivity index (χ3n) is 3.43. The summed E-state index contributed by atoms with van der Waals surface area (Å²) in [4.78, 5) is 16.3. The van der Waals surface area contributed by atoms with Crippen LogP contribution in [0.4, 0.5) is 24.0 Å². The number of benzene rings is 2. The normalized spacial score (nSPS) is 11.3. The van der Waals surface area contributed by atoms with Gasteiger partial charge in [-0.05, 0) is 36.4 Å². The van der Waals surface area contributed by atoms with E-state index >= 15 is 0 Å². The van der Waals surface area contributed by atoms with Crippen LogP contribution in [0.25, 0.3) is 11.3 Å². The second-order valence-corrected chi connectivity index (χ2v) is 6.07. The summed E-state index contributed by atoms with van der Waals surface area (Å²) in [5, 5.41) is 4.93. The minimum atomic E-state index is -4.43. The number of carbonyl (C=O) groups excluding carboxylic acids is 1. The molecule has 0 fully saturated rings. The molecule has 0 unspecified atom stereocenters. The highest BCUT2D eigenvalue weighted by molar-refractivity contribution is 7.13. The summed E-state index contributed by atoms with van der Waals surface area (Å²) in [6.45, 7) is 0. The van der Waals surface area contributed by atoms with Gasteiger partial charge in [0.1, 0.15) is 0 Å². The third-order valence-corrected chi connectivity index (χ3v) is 4.11. The number of thiazole rings is 1. The molecule has 3 N–H and O–H groups in total. The molecule has 0 aliphatic heterocycles. The molecule has 0 aliphatic carbocycles. The molecular weight excluding hydrogens is 351 g/mol. The number of nitrogens with two attached hydrogens (primary N) is 1. The quantitative estimate of drug-likeness (QED) is 0.711. The average Bonchev–Trinajstić information content (AvgIpc) is 3.01. The lowest BCUT2D eigenvalue weighted by Gasteiger charge is -2.08. The molecule has 0 bridgehead atoms. The smallest absolute Gasteiger partial charge is 0.375 e. The first-order chi connectivity index (χ1) is 11.8. The number of halogens is 3. The maximum atomic E-state index is 12.5. The maximum absolute atomic E-state index is 12.5. The van der Waals surface area contributed by atoms with Gasteiger partial charge >= 0.3 is 6.18 Å². The van der Waals surface area contributed by atoms with Gasteiger partial charge in [-0.1, -0.05) is 12.1 Å². The highest BCUT2D eigenvalue weighted by Crippen LogP contribution is 2.29. The van der Waals surface area contributed by atoms with E-state index in [4.69, 9.17) is 5.73 Å². The molecule has 0 aliphatic rings. The van der Waals surface area contributed by atoms with E-state index in [-0.39, 0.29) is 5.56 Å². The van der Waals surface area contributed by atoms with E-state index < -0.39 is 17.6 Å². The number of anilines is 2. The Morgan fingerprint density at radius 2 is 1.68 bits per heavy atom. The van der Waals surface area contributed by atoms with Crippen LogP contribution < -0.4 is 11.1 Å². The van der Waals surface area contributed by atoms with Crippen molar-refractivity contribution in [2.24, 2.45) is 0 Å². The molecular formula is C17H12F3N3OS. The van der Waals surface area contributed by atoms with Crippen LogP contribution in [0.3, 0.4) is 0 Å². The molecule has 1 amide bonds. The Bertz CT molecular complexity index is 887. The number of hydrogen-bond acceptors (Lipinski definition) is 4. The Balaban J connectivity index is 1.70. The summed E-state index contributed by atoms with van der Waals surface area (Å²) in [7, 11) is 0. The van der Waals surface area contributed by atoms with Gasteiger partial charge in [0, 0.05) is 22.2 Å². The predicted octanol–water partition coefficient (Wildman–Crippen LogP) is 4.66. The van der Waals surface area contributed by atoms with E-state index in [2.05, 4.69) is 10.3 Å². The SMILES string of the molecule is Nc1nc(-c2ccc(NC(=O)c3ccc(C(F)(F)F)cc3)cc2)cs1. The van der Waals surface area contributed by atoms with Crippen LogP contribution in [0.15, 0.2) is 53.9 Å². The lowest BCUT2D eigenvalue weighted by Crippen LogP contribution is -2.12. The van der Waals surface area contributed by atoms with Gasteiger partial charge in [0.15, 0.2) is 5.13 Å². The summed E-state index contributed by atoms with van der Waals surface area (Å²) in [5.41, 5.74) is 7.05. The van der Waals surface area contributed by atoms with Gasteiger partial charge in [0.05, 0.1) is 11.3 Å². The molecule has 0 atom stereocenters. The minimum absolute atomic E-state index is 0.143. The highest BCUT2D eigenvalue weighted by Gasteiger charge is 2.30. The Labute approximate surface area is 145 Å². The number of nitrogens with one attached hydrogen (secondary N) is 1. The Kier molecular flexibility index (Phi) is 4.45. The molecule has 2 aromatic carbocycles. The van der Waals surface area contributed by atoms with E-state index in [1.54, 1.807) is 24.3 Å². The minimum Gasteiger partial charge on any atom is -0.375 e. The summed E-state index contributed by atoms with van der Waals surface area (Å²) < 4.78 is 37.6. The van der Waals surface area contributed by atoms with Crippen molar-refractivity contribution in [1.82, 2.24) is 4.98 Å². The Morgan fingerprint density at radius 3 is 2.20 bits per heavy atom. The zero-order valence-corrected chi connectivity index (χ0v) is 13.5. The van der Waals surface area contributed by atoms with Crippen LogP contribution in [-0.4, -0.2) is 10.9 Å². The van der Waals surface area contributed by atoms with Crippen molar-refractivity contribution in [2.75, 3.05) is 11.1 Å². The zero-order valence-electron chi connectivity index (χ0n) is 12.7. The van der Waals surface area contributed by atoms with Crippen LogP contribution >= 0.6 is 11.3 Å². The second-order valence-electron chi connectivity index (χ2n) is 5.18. The van der Waals surface area contributed by atoms with Crippen molar-refractivity contribution in [3.63, 3.8) is 0 Å². The molecule has 3 rings (SSSR count). The molecule has 3 aromatic rings. The molecule has 0 saturated heterocycles. The average molecular weight is 363 g/mol. The van der Waals surface area contributed by atoms with Crippen molar-refractivity contribution < 1.29 is 18.0 Å². The molecule has 4 nitrogen and oxygen atoms in total. The van der Waals surface area contributed by atoms with E-state index in [1.165, 1.54) is 11.3 Å². The van der Waals surface area contributed by atoms with E-state index in [1.807, 2.05) is 5.38 Å². The number of hydrogen-bond donors (Lipinski definition) is 2. The van der Waals surface area contributed by atoms with Crippen molar-refractivity contribution >= 4 is 28.1 Å². The van der Waals surface area contributed by atoms with Gasteiger partial charge in [-0.25, -0.2) is 4.98 Å². The molecule has 0 spiro atoms. The molecule has 0 radical (unpaired) electrons. The molecule has 25 heavy (non-hydrogen) atoms. The molecule has 1 aromatic heterocycles. The van der Waals surface area contributed by atoms with Crippen LogP contribution in [0.1, 0.15) is 15.9 Å². The first-order valence-corrected chi connectivity index (χ1v) is 8.01. The third kappa shape index (κ3) is 3.97. The monoisotopic (exact) mass is 363 g/mol. The lowest BCUT2D eigenvalue weighted by atomic mass is 10.1. The van der Waals surface area contributed by atoms with Crippen LogP contribution in [0, 0.1) is 0 Å². The number of nitrogen functional groups attached to an aromatic ring is 1. The van der Waals surface area contributed by atoms with Crippen LogP contribution in [-0.2, 0) is 6.18 Å². The first-order valence-electron chi connectivity index (χ1n) is 7.13. The van der Waals surface area contributed by atoms with Gasteiger partial charge in [0.25, 0.3) is 5.91 Å². The number of alkyl halides is 3. The van der Waals surface area contributed by atoms with Gasteiger partial charge in [0.2, 0.25) is 0 Å². The lowest BCUT2D eigenvalue weighted by molar-refractivity contribution is -0.137. The van der Waals surface area contributed by atoms with Crippen molar-refractivity contribution in [3.8, 4) is 11.3 Å². The zero-order chi connectivity index (χ0) is 18.0. The van der Waals surface area contributed by atoms with E-state index in [9.17, 15) is 18.0 Å². The summed E-state index contributed by atoms with van der Waals surface area (Å²) >= 11 is 1.33. The van der Waals surface area contributed by atoms with Crippen molar-refractivity contribution in [2.45, 2.75) is 6.18 Å². The summed E-state index contributed by atoms with van der Waals surface area (Å²) in [5.74, 6) is -0.487. The number of amides is 1. The predicted molar refractivity (Wildman–Crippen MR) is 91.4 cm³/mol. The van der Waals surface area contributed by atoms with E-state index in [0.717, 1.165) is 35.5 Å². The topological polar surface area (TPSA) is 68.0 Å². The Morgan fingerprint density at radius 1 is 1.04 bits per heavy atom. The van der Waals surface area contributed by atoms with Gasteiger partial charge in [-0.2, -0.15) is 13.2 Å². The fourth-order valence-corrected chi connectivity index (χ4v) is 2.73. The fraction of sp³-hybridized carbons (Fsp3) is 0.0588. The van der Waals surface area contributed by atoms with Crippen LogP contribution in [0.5, 0.6) is 0 Å². The van der Waals surface area contributed by atoms with E-state index in [0.29, 0.717) is 10.8 Å². The standard InChI is InChI=1S/C17H12F3N3OS/c18-17(19,20)12-5-1-11(2-6-12)15(24)22-13-7-3-10(4-8-13)14-9-25-16(21)23-14/h1-9H,(H2,21,23)(H,22,24). The number of nitrogens with zero attached hydrogens (tertiary/aromatic N) is 1. The first kappa shape index (κ1) is 17.0. The molecule has 8 heteroatoms.